The topological polar surface area (TPSA) is 21.3 Å². The number of nitrogens with one attached hydrogen (secondary N) is 1. The fourth-order valence-electron chi connectivity index (χ4n) is 2.57. The van der Waals surface area contributed by atoms with Crippen molar-refractivity contribution in [1.82, 2.24) is 5.32 Å². The van der Waals surface area contributed by atoms with Gasteiger partial charge in [0.2, 0.25) is 0 Å². The van der Waals surface area contributed by atoms with Crippen LogP contribution in [-0.4, -0.2) is 24.8 Å². The Labute approximate surface area is 108 Å². The molecule has 0 saturated heterocycles. The second-order valence-electron chi connectivity index (χ2n) is 6.00. The first kappa shape index (κ1) is 15.0. The molecule has 1 aliphatic carbocycles. The maximum Gasteiger partial charge on any atom is 0.0623 e. The third kappa shape index (κ3) is 5.39. The normalized spacial score (nSPS) is 25.4. The first-order valence-electron chi connectivity index (χ1n) is 7.46. The quantitative estimate of drug-likeness (QED) is 0.699. The van der Waals surface area contributed by atoms with Gasteiger partial charge in [-0.25, -0.2) is 0 Å². The molecule has 2 atom stereocenters. The summed E-state index contributed by atoms with van der Waals surface area (Å²) in [7, 11) is 0. The van der Waals surface area contributed by atoms with Gasteiger partial charge in [-0.2, -0.15) is 0 Å². The van der Waals surface area contributed by atoms with E-state index in [0.717, 1.165) is 25.0 Å². The van der Waals surface area contributed by atoms with Crippen LogP contribution in [0.4, 0.5) is 0 Å². The van der Waals surface area contributed by atoms with E-state index in [4.69, 9.17) is 4.74 Å². The Kier molecular flexibility index (Phi) is 6.50. The SMILES string of the molecule is CCCNC1CCCC1CCOC(C)(C)CC. The van der Waals surface area contributed by atoms with Crippen molar-refractivity contribution in [2.75, 3.05) is 13.2 Å². The van der Waals surface area contributed by atoms with Crippen LogP contribution in [0, 0.1) is 5.92 Å². The summed E-state index contributed by atoms with van der Waals surface area (Å²) in [5.41, 5.74) is 0.0605. The molecule has 0 spiro atoms. The largest absolute Gasteiger partial charge is 0.376 e. The molecule has 1 fully saturated rings. The zero-order valence-electron chi connectivity index (χ0n) is 12.2. The van der Waals surface area contributed by atoms with Gasteiger partial charge in [0.1, 0.15) is 0 Å². The highest BCUT2D eigenvalue weighted by molar-refractivity contribution is 4.83. The summed E-state index contributed by atoms with van der Waals surface area (Å²) in [5.74, 6) is 0.842. The maximum absolute atomic E-state index is 5.97. The summed E-state index contributed by atoms with van der Waals surface area (Å²) in [5, 5.41) is 3.69. The van der Waals surface area contributed by atoms with Crippen LogP contribution in [0.25, 0.3) is 0 Å². The molecule has 1 rings (SSSR count). The van der Waals surface area contributed by atoms with Crippen molar-refractivity contribution in [3.63, 3.8) is 0 Å². The zero-order chi connectivity index (χ0) is 12.7. The molecule has 0 radical (unpaired) electrons. The first-order chi connectivity index (χ1) is 8.09. The highest BCUT2D eigenvalue weighted by atomic mass is 16.5. The molecule has 0 aliphatic heterocycles. The molecule has 17 heavy (non-hydrogen) atoms. The van der Waals surface area contributed by atoms with E-state index in [2.05, 4.69) is 33.0 Å². The molecule has 2 nitrogen and oxygen atoms in total. The van der Waals surface area contributed by atoms with Crippen LogP contribution in [-0.2, 0) is 4.74 Å². The van der Waals surface area contributed by atoms with E-state index >= 15 is 0 Å². The molecule has 102 valence electrons. The molecule has 0 bridgehead atoms. The van der Waals surface area contributed by atoms with Crippen molar-refractivity contribution >= 4 is 0 Å². The van der Waals surface area contributed by atoms with Crippen molar-refractivity contribution in [1.29, 1.82) is 0 Å². The standard InChI is InChI=1S/C15H31NO/c1-5-11-16-14-9-7-8-13(14)10-12-17-15(3,4)6-2/h13-14,16H,5-12H2,1-4H3. The van der Waals surface area contributed by atoms with Gasteiger partial charge >= 0.3 is 0 Å². The monoisotopic (exact) mass is 241 g/mol. The van der Waals surface area contributed by atoms with Gasteiger partial charge in [0, 0.05) is 12.6 Å². The number of hydrogen-bond acceptors (Lipinski definition) is 2. The highest BCUT2D eigenvalue weighted by Gasteiger charge is 2.26. The average molecular weight is 241 g/mol. The second-order valence-corrected chi connectivity index (χ2v) is 6.00. The summed E-state index contributed by atoms with van der Waals surface area (Å²) in [6.07, 6.45) is 7.70. The molecule has 0 heterocycles. The van der Waals surface area contributed by atoms with Gasteiger partial charge in [0.15, 0.2) is 0 Å². The van der Waals surface area contributed by atoms with Crippen LogP contribution in [0.2, 0.25) is 0 Å². The summed E-state index contributed by atoms with van der Waals surface area (Å²) in [4.78, 5) is 0. The van der Waals surface area contributed by atoms with Crippen LogP contribution >= 0.6 is 0 Å². The average Bonchev–Trinajstić information content (AvgIpc) is 2.74. The predicted molar refractivity (Wildman–Crippen MR) is 74.4 cm³/mol. The van der Waals surface area contributed by atoms with Crippen LogP contribution in [0.1, 0.15) is 66.2 Å². The van der Waals surface area contributed by atoms with Gasteiger partial charge in [0.05, 0.1) is 5.60 Å². The summed E-state index contributed by atoms with van der Waals surface area (Å²) in [6.45, 7) is 10.9. The lowest BCUT2D eigenvalue weighted by Gasteiger charge is -2.26. The van der Waals surface area contributed by atoms with Crippen molar-refractivity contribution in [2.24, 2.45) is 5.92 Å². The van der Waals surface area contributed by atoms with Crippen LogP contribution in [0.15, 0.2) is 0 Å². The Morgan fingerprint density at radius 3 is 2.65 bits per heavy atom. The van der Waals surface area contributed by atoms with E-state index in [0.29, 0.717) is 0 Å². The lowest BCUT2D eigenvalue weighted by Crippen LogP contribution is -2.34. The minimum absolute atomic E-state index is 0.0605. The van der Waals surface area contributed by atoms with Crippen LogP contribution in [0.3, 0.4) is 0 Å². The highest BCUT2D eigenvalue weighted by Crippen LogP contribution is 2.29. The third-order valence-electron chi connectivity index (χ3n) is 4.15. The number of ether oxygens (including phenoxy) is 1. The minimum atomic E-state index is 0.0605. The Hall–Kier alpha value is -0.0800. The fourth-order valence-corrected chi connectivity index (χ4v) is 2.57. The first-order valence-corrected chi connectivity index (χ1v) is 7.46. The van der Waals surface area contributed by atoms with Crippen molar-refractivity contribution in [3.05, 3.63) is 0 Å². The Morgan fingerprint density at radius 2 is 2.00 bits per heavy atom. The lowest BCUT2D eigenvalue weighted by atomic mass is 9.99. The molecule has 1 aliphatic rings. The molecule has 2 unspecified atom stereocenters. The summed E-state index contributed by atoms with van der Waals surface area (Å²) < 4.78 is 5.97. The molecule has 0 aromatic rings. The fraction of sp³-hybridized carbons (Fsp3) is 1.00. The zero-order valence-corrected chi connectivity index (χ0v) is 12.2. The Balaban J connectivity index is 2.21. The van der Waals surface area contributed by atoms with Crippen LogP contribution < -0.4 is 5.32 Å². The van der Waals surface area contributed by atoms with Gasteiger partial charge < -0.3 is 10.1 Å². The van der Waals surface area contributed by atoms with Gasteiger partial charge in [0.25, 0.3) is 0 Å². The van der Waals surface area contributed by atoms with E-state index in [1.165, 1.54) is 38.6 Å². The summed E-state index contributed by atoms with van der Waals surface area (Å²) in [6, 6.07) is 0.753. The van der Waals surface area contributed by atoms with Gasteiger partial charge in [-0.3, -0.25) is 0 Å². The predicted octanol–water partition coefficient (Wildman–Crippen LogP) is 3.75. The maximum atomic E-state index is 5.97. The molecular weight excluding hydrogens is 210 g/mol. The third-order valence-corrected chi connectivity index (χ3v) is 4.15. The van der Waals surface area contributed by atoms with E-state index in [1.807, 2.05) is 0 Å². The van der Waals surface area contributed by atoms with Gasteiger partial charge in [-0.05, 0) is 58.4 Å². The minimum Gasteiger partial charge on any atom is -0.376 e. The van der Waals surface area contributed by atoms with Crippen LogP contribution in [0.5, 0.6) is 0 Å². The van der Waals surface area contributed by atoms with Crippen molar-refractivity contribution < 1.29 is 4.74 Å². The van der Waals surface area contributed by atoms with Crippen molar-refractivity contribution in [3.8, 4) is 0 Å². The van der Waals surface area contributed by atoms with E-state index < -0.39 is 0 Å². The van der Waals surface area contributed by atoms with Gasteiger partial charge in [-0.15, -0.1) is 0 Å². The molecule has 0 aromatic heterocycles. The second kappa shape index (κ2) is 7.38. The summed E-state index contributed by atoms with van der Waals surface area (Å²) >= 11 is 0. The molecule has 2 heteroatoms. The number of rotatable bonds is 8. The van der Waals surface area contributed by atoms with E-state index in [-0.39, 0.29) is 5.60 Å². The molecular formula is C15H31NO. The Morgan fingerprint density at radius 1 is 1.24 bits per heavy atom. The molecule has 0 aromatic carbocycles. The molecule has 0 amide bonds. The lowest BCUT2D eigenvalue weighted by molar-refractivity contribution is -0.0264. The Bertz CT molecular complexity index is 203. The number of hydrogen-bond donors (Lipinski definition) is 1. The van der Waals surface area contributed by atoms with Crippen molar-refractivity contribution in [2.45, 2.75) is 77.9 Å². The molecule has 1 saturated carbocycles. The van der Waals surface area contributed by atoms with E-state index in [1.54, 1.807) is 0 Å². The van der Waals surface area contributed by atoms with E-state index in [9.17, 15) is 0 Å². The molecule has 1 N–H and O–H groups in total. The van der Waals surface area contributed by atoms with Gasteiger partial charge in [-0.1, -0.05) is 20.3 Å². The smallest absolute Gasteiger partial charge is 0.0623 e.